The normalized spacial score (nSPS) is 23.1. The highest BCUT2D eigenvalue weighted by Gasteiger charge is 2.37. The minimum atomic E-state index is 0.0748. The number of benzene rings is 1. The molecule has 0 radical (unpaired) electrons. The number of ether oxygens (including phenoxy) is 1. The second-order valence-corrected chi connectivity index (χ2v) is 4.40. The van der Waals surface area contributed by atoms with Crippen LogP contribution >= 0.6 is 0 Å². The van der Waals surface area contributed by atoms with Gasteiger partial charge in [0, 0.05) is 0 Å². The van der Waals surface area contributed by atoms with Crippen LogP contribution in [0.5, 0.6) is 0 Å². The zero-order valence-corrected chi connectivity index (χ0v) is 9.65. The van der Waals surface area contributed by atoms with E-state index in [0.717, 1.165) is 18.4 Å². The summed E-state index contributed by atoms with van der Waals surface area (Å²) in [6.07, 6.45) is 2.21. The lowest BCUT2D eigenvalue weighted by molar-refractivity contribution is 0.241. The minimum Gasteiger partial charge on any atom is -0.394 e. The Labute approximate surface area is 96.6 Å². The maximum absolute atomic E-state index is 8.84. The molecule has 1 saturated heterocycles. The first kappa shape index (κ1) is 11.4. The lowest BCUT2D eigenvalue weighted by atomic mass is 10.0. The average Bonchev–Trinajstić information content (AvgIpc) is 3.05. The van der Waals surface area contributed by atoms with Gasteiger partial charge in [-0.15, -0.1) is 0 Å². The van der Waals surface area contributed by atoms with Gasteiger partial charge in [0.15, 0.2) is 0 Å². The van der Waals surface area contributed by atoms with E-state index in [-0.39, 0.29) is 18.8 Å². The monoisotopic (exact) mass is 218 g/mol. The number of aliphatic hydroxyl groups excluding tert-OH is 1. The summed E-state index contributed by atoms with van der Waals surface area (Å²) < 4.78 is 5.28. The molecule has 2 heteroatoms. The molecule has 1 aromatic rings. The molecule has 1 aliphatic heterocycles. The molecule has 1 heterocycles. The number of allylic oxidation sites excluding steroid dienone is 1. The lowest BCUT2D eigenvalue weighted by Gasteiger charge is -2.05. The van der Waals surface area contributed by atoms with Crippen molar-refractivity contribution in [3.05, 3.63) is 42.0 Å². The van der Waals surface area contributed by atoms with E-state index in [1.54, 1.807) is 0 Å². The Morgan fingerprint density at radius 3 is 2.56 bits per heavy atom. The van der Waals surface area contributed by atoms with Crippen LogP contribution in [0.4, 0.5) is 0 Å². The van der Waals surface area contributed by atoms with Crippen molar-refractivity contribution < 1.29 is 9.84 Å². The molecule has 1 aromatic carbocycles. The molecular formula is C14H18O2. The predicted octanol–water partition coefficient (Wildman–Crippen LogP) is 2.55. The van der Waals surface area contributed by atoms with Crippen molar-refractivity contribution in [1.82, 2.24) is 0 Å². The van der Waals surface area contributed by atoms with Gasteiger partial charge in [0.1, 0.15) is 6.10 Å². The van der Waals surface area contributed by atoms with E-state index in [1.807, 2.05) is 0 Å². The topological polar surface area (TPSA) is 32.8 Å². The van der Waals surface area contributed by atoms with Crippen LogP contribution in [-0.2, 0) is 4.74 Å². The van der Waals surface area contributed by atoms with Crippen LogP contribution in [0, 0.1) is 6.92 Å². The van der Waals surface area contributed by atoms with E-state index in [2.05, 4.69) is 37.8 Å². The van der Waals surface area contributed by atoms with Crippen molar-refractivity contribution in [2.75, 3.05) is 6.61 Å². The summed E-state index contributed by atoms with van der Waals surface area (Å²) in [4.78, 5) is 0. The Kier molecular flexibility index (Phi) is 3.42. The van der Waals surface area contributed by atoms with Crippen molar-refractivity contribution in [3.63, 3.8) is 0 Å². The second-order valence-electron chi connectivity index (χ2n) is 4.40. The van der Waals surface area contributed by atoms with Gasteiger partial charge in [0.05, 0.1) is 12.7 Å². The predicted molar refractivity (Wildman–Crippen MR) is 65.2 cm³/mol. The summed E-state index contributed by atoms with van der Waals surface area (Å²) >= 11 is 0. The van der Waals surface area contributed by atoms with Crippen LogP contribution in [0.25, 0.3) is 5.57 Å². The molecule has 1 N–H and O–H groups in total. The quantitative estimate of drug-likeness (QED) is 0.770. The van der Waals surface area contributed by atoms with E-state index in [4.69, 9.17) is 9.84 Å². The number of aryl methyl sites for hydroxylation is 1. The van der Waals surface area contributed by atoms with Gasteiger partial charge >= 0.3 is 0 Å². The minimum absolute atomic E-state index is 0.0748. The van der Waals surface area contributed by atoms with Crippen molar-refractivity contribution in [2.24, 2.45) is 0 Å². The van der Waals surface area contributed by atoms with E-state index in [0.29, 0.717) is 0 Å². The fourth-order valence-electron chi connectivity index (χ4n) is 1.84. The third kappa shape index (κ3) is 2.71. The van der Waals surface area contributed by atoms with E-state index in [1.165, 1.54) is 11.1 Å². The van der Waals surface area contributed by atoms with E-state index < -0.39 is 0 Å². The molecule has 1 aliphatic rings. The Bertz CT molecular complexity index is 367. The summed E-state index contributed by atoms with van der Waals surface area (Å²) in [6, 6.07) is 8.42. The average molecular weight is 218 g/mol. The number of epoxide rings is 1. The van der Waals surface area contributed by atoms with Gasteiger partial charge in [0.25, 0.3) is 0 Å². The summed E-state index contributed by atoms with van der Waals surface area (Å²) in [7, 11) is 0. The van der Waals surface area contributed by atoms with Gasteiger partial charge in [-0.05, 0) is 30.9 Å². The molecule has 0 aliphatic carbocycles. The zero-order chi connectivity index (χ0) is 11.5. The van der Waals surface area contributed by atoms with E-state index >= 15 is 0 Å². The number of hydrogen-bond acceptors (Lipinski definition) is 2. The van der Waals surface area contributed by atoms with Gasteiger partial charge < -0.3 is 9.84 Å². The molecule has 0 spiro atoms. The first-order valence-corrected chi connectivity index (χ1v) is 5.72. The van der Waals surface area contributed by atoms with Gasteiger partial charge in [0.2, 0.25) is 0 Å². The van der Waals surface area contributed by atoms with Gasteiger partial charge in [-0.1, -0.05) is 36.4 Å². The molecule has 86 valence electrons. The van der Waals surface area contributed by atoms with Crippen LogP contribution in [-0.4, -0.2) is 23.9 Å². The van der Waals surface area contributed by atoms with Crippen LogP contribution in [0.2, 0.25) is 0 Å². The Hall–Kier alpha value is -1.12. The summed E-state index contributed by atoms with van der Waals surface area (Å²) in [5.74, 6) is 0. The fraction of sp³-hybridized carbons (Fsp3) is 0.429. The Balaban J connectivity index is 1.82. The molecule has 0 amide bonds. The summed E-state index contributed by atoms with van der Waals surface area (Å²) in [6.45, 7) is 6.31. The van der Waals surface area contributed by atoms with E-state index in [9.17, 15) is 0 Å². The van der Waals surface area contributed by atoms with Gasteiger partial charge in [-0.3, -0.25) is 0 Å². The number of rotatable bonds is 5. The fourth-order valence-corrected chi connectivity index (χ4v) is 1.84. The second kappa shape index (κ2) is 4.81. The molecule has 16 heavy (non-hydrogen) atoms. The standard InChI is InChI=1S/C14H18O2/c1-10-3-6-12(7-4-10)11(2)5-8-13-14(9-15)16-13/h3-4,6-7,13-15H,2,5,8-9H2,1H3/t13-,14-/m0/s1. The molecule has 2 atom stereocenters. The first-order chi connectivity index (χ1) is 7.70. The van der Waals surface area contributed by atoms with Crippen LogP contribution in [0.3, 0.4) is 0 Å². The highest BCUT2D eigenvalue weighted by Crippen LogP contribution is 2.29. The van der Waals surface area contributed by atoms with Gasteiger partial charge in [-0.25, -0.2) is 0 Å². The highest BCUT2D eigenvalue weighted by atomic mass is 16.6. The molecule has 0 unspecified atom stereocenters. The van der Waals surface area contributed by atoms with Crippen LogP contribution in [0.1, 0.15) is 24.0 Å². The Morgan fingerprint density at radius 1 is 1.31 bits per heavy atom. The largest absolute Gasteiger partial charge is 0.394 e. The number of aliphatic hydroxyl groups is 1. The molecule has 0 saturated carbocycles. The SMILES string of the molecule is C=C(CC[C@@H]1O[C@H]1CO)c1ccc(C)cc1. The smallest absolute Gasteiger partial charge is 0.107 e. The maximum Gasteiger partial charge on any atom is 0.107 e. The number of hydrogen-bond donors (Lipinski definition) is 1. The van der Waals surface area contributed by atoms with Crippen molar-refractivity contribution in [1.29, 1.82) is 0 Å². The van der Waals surface area contributed by atoms with Gasteiger partial charge in [-0.2, -0.15) is 0 Å². The maximum atomic E-state index is 8.84. The third-order valence-corrected chi connectivity index (χ3v) is 3.06. The third-order valence-electron chi connectivity index (χ3n) is 3.06. The van der Waals surface area contributed by atoms with Crippen molar-refractivity contribution >= 4 is 5.57 Å². The zero-order valence-electron chi connectivity index (χ0n) is 9.65. The molecule has 1 fully saturated rings. The molecule has 0 bridgehead atoms. The Morgan fingerprint density at radius 2 is 2.00 bits per heavy atom. The highest BCUT2D eigenvalue weighted by molar-refractivity contribution is 5.63. The molecular weight excluding hydrogens is 200 g/mol. The first-order valence-electron chi connectivity index (χ1n) is 5.72. The van der Waals surface area contributed by atoms with Crippen LogP contribution < -0.4 is 0 Å². The molecule has 0 aromatic heterocycles. The summed E-state index contributed by atoms with van der Waals surface area (Å²) in [5, 5.41) is 8.84. The van der Waals surface area contributed by atoms with Crippen molar-refractivity contribution in [2.45, 2.75) is 32.0 Å². The molecule has 2 rings (SSSR count). The van der Waals surface area contributed by atoms with Crippen LogP contribution in [0.15, 0.2) is 30.8 Å². The lowest BCUT2D eigenvalue weighted by Crippen LogP contribution is -1.99. The van der Waals surface area contributed by atoms with Crippen molar-refractivity contribution in [3.8, 4) is 0 Å². The molecule has 2 nitrogen and oxygen atoms in total. The summed E-state index contributed by atoms with van der Waals surface area (Å²) in [5.41, 5.74) is 3.61.